The summed E-state index contributed by atoms with van der Waals surface area (Å²) in [6.45, 7) is 5.26. The maximum absolute atomic E-state index is 13.0. The topological polar surface area (TPSA) is 101 Å². The van der Waals surface area contributed by atoms with Gasteiger partial charge in [-0.3, -0.25) is 14.2 Å². The molecule has 0 radical (unpaired) electrons. The molecule has 0 fully saturated rings. The number of carbonyl (C=O) groups is 2. The number of anilines is 1. The van der Waals surface area contributed by atoms with Gasteiger partial charge in [0.05, 0.1) is 10.9 Å². The van der Waals surface area contributed by atoms with E-state index in [1.807, 2.05) is 20.8 Å². The zero-order valence-electron chi connectivity index (χ0n) is 15.4. The van der Waals surface area contributed by atoms with Gasteiger partial charge in [0.15, 0.2) is 0 Å². The molecule has 2 aromatic heterocycles. The van der Waals surface area contributed by atoms with Crippen LogP contribution in [0.4, 0.5) is 5.69 Å². The molecule has 2 heterocycles. The van der Waals surface area contributed by atoms with E-state index in [9.17, 15) is 19.5 Å². The summed E-state index contributed by atoms with van der Waals surface area (Å²) < 4.78 is 1.24. The zero-order chi connectivity index (χ0) is 20.6. The Morgan fingerprint density at radius 3 is 2.71 bits per heavy atom. The minimum Gasteiger partial charge on any atom is -0.478 e. The van der Waals surface area contributed by atoms with Crippen molar-refractivity contribution in [2.75, 3.05) is 5.32 Å². The lowest BCUT2D eigenvalue weighted by molar-refractivity contribution is -0.116. The number of nitrogens with zero attached hydrogens (tertiary/aromatic N) is 2. The van der Waals surface area contributed by atoms with E-state index < -0.39 is 17.4 Å². The van der Waals surface area contributed by atoms with Gasteiger partial charge < -0.3 is 10.4 Å². The number of nitrogens with one attached hydrogen (secondary N) is 1. The fraction of sp³-hybridized carbons (Fsp3) is 0.263. The van der Waals surface area contributed by atoms with Crippen LogP contribution in [-0.4, -0.2) is 26.5 Å². The van der Waals surface area contributed by atoms with Gasteiger partial charge in [-0.25, -0.2) is 9.78 Å². The summed E-state index contributed by atoms with van der Waals surface area (Å²) in [6, 6.07) is 5.13. The Hall–Kier alpha value is -2.71. The molecule has 2 N–H and O–H groups in total. The van der Waals surface area contributed by atoms with Crippen LogP contribution in [0.5, 0.6) is 0 Å². The average Bonchev–Trinajstić information content (AvgIpc) is 3.04. The van der Waals surface area contributed by atoms with Crippen molar-refractivity contribution in [1.29, 1.82) is 0 Å². The van der Waals surface area contributed by atoms with E-state index in [0.29, 0.717) is 21.4 Å². The van der Waals surface area contributed by atoms with E-state index in [1.165, 1.54) is 9.95 Å². The van der Waals surface area contributed by atoms with Gasteiger partial charge in [-0.2, -0.15) is 0 Å². The number of rotatable bonds is 5. The minimum absolute atomic E-state index is 0.0219. The normalized spacial score (nSPS) is 11.2. The Morgan fingerprint density at radius 2 is 2.07 bits per heavy atom. The number of carbonyl (C=O) groups excluding carboxylic acids is 1. The molecule has 0 spiro atoms. The second-order valence-electron chi connectivity index (χ2n) is 6.66. The lowest BCUT2D eigenvalue weighted by atomic mass is 10.1. The molecule has 3 aromatic rings. The minimum atomic E-state index is -1.20. The first-order chi connectivity index (χ1) is 13.2. The number of thiophene rings is 1. The van der Waals surface area contributed by atoms with Gasteiger partial charge in [0.1, 0.15) is 17.2 Å². The molecule has 7 nitrogen and oxygen atoms in total. The second kappa shape index (κ2) is 7.73. The van der Waals surface area contributed by atoms with Crippen LogP contribution in [0.15, 0.2) is 28.4 Å². The van der Waals surface area contributed by atoms with Crippen LogP contribution in [0.25, 0.3) is 10.2 Å². The molecule has 0 bridgehead atoms. The highest BCUT2D eigenvalue weighted by Gasteiger charge is 2.22. The quantitative estimate of drug-likeness (QED) is 0.653. The Morgan fingerprint density at radius 1 is 1.36 bits per heavy atom. The number of carboxylic acids is 1. The van der Waals surface area contributed by atoms with E-state index in [0.717, 1.165) is 16.9 Å². The number of aromatic nitrogens is 2. The summed E-state index contributed by atoms with van der Waals surface area (Å²) in [6.07, 6.45) is 0. The van der Waals surface area contributed by atoms with E-state index >= 15 is 0 Å². The molecule has 0 aliphatic heterocycles. The molecule has 146 valence electrons. The van der Waals surface area contributed by atoms with E-state index in [2.05, 4.69) is 10.3 Å². The maximum atomic E-state index is 13.0. The van der Waals surface area contributed by atoms with Crippen LogP contribution in [0.2, 0.25) is 5.02 Å². The Kier molecular flexibility index (Phi) is 5.53. The molecular formula is C19H18ClN3O4S. The van der Waals surface area contributed by atoms with E-state index in [1.54, 1.807) is 18.2 Å². The van der Waals surface area contributed by atoms with Crippen LogP contribution < -0.4 is 10.9 Å². The average molecular weight is 420 g/mol. The third-order valence-electron chi connectivity index (χ3n) is 4.25. The number of benzene rings is 1. The maximum Gasteiger partial charge on any atom is 0.337 e. The van der Waals surface area contributed by atoms with Gasteiger partial charge in [0.2, 0.25) is 5.91 Å². The van der Waals surface area contributed by atoms with Crippen molar-refractivity contribution in [2.45, 2.75) is 33.2 Å². The summed E-state index contributed by atoms with van der Waals surface area (Å²) in [5.41, 5.74) is 0.735. The monoisotopic (exact) mass is 419 g/mol. The van der Waals surface area contributed by atoms with Gasteiger partial charge in [0, 0.05) is 22.0 Å². The molecule has 0 aliphatic rings. The SMILES string of the molecule is Cc1ccc(Cl)cc1NC(=O)Cn1c(C(C)C)nc2scc(C(=O)O)c2c1=O. The predicted octanol–water partition coefficient (Wildman–Crippen LogP) is 3.88. The summed E-state index contributed by atoms with van der Waals surface area (Å²) in [7, 11) is 0. The molecule has 0 aliphatic carbocycles. The third-order valence-corrected chi connectivity index (χ3v) is 5.35. The first kappa shape index (κ1) is 20.0. The lowest BCUT2D eigenvalue weighted by Gasteiger charge is -2.15. The summed E-state index contributed by atoms with van der Waals surface area (Å²) >= 11 is 7.08. The molecule has 3 rings (SSSR count). The fourth-order valence-corrected chi connectivity index (χ4v) is 3.93. The fourth-order valence-electron chi connectivity index (χ4n) is 2.85. The van der Waals surface area contributed by atoms with Crippen molar-refractivity contribution in [1.82, 2.24) is 9.55 Å². The van der Waals surface area contributed by atoms with Gasteiger partial charge in [0.25, 0.3) is 5.56 Å². The van der Waals surface area contributed by atoms with E-state index in [4.69, 9.17) is 11.6 Å². The van der Waals surface area contributed by atoms with Crippen molar-refractivity contribution in [3.63, 3.8) is 0 Å². The second-order valence-corrected chi connectivity index (χ2v) is 7.95. The standard InChI is InChI=1S/C19H18ClN3O4S/c1-9(2)16-22-17-15(12(8-28-17)19(26)27)18(25)23(16)7-14(24)21-13-6-11(20)5-4-10(13)3/h4-6,8-9H,7H2,1-3H3,(H,21,24)(H,26,27). The van der Waals surface area contributed by atoms with Crippen LogP contribution in [0.1, 0.15) is 41.5 Å². The number of carboxylic acid groups (broad SMARTS) is 1. The summed E-state index contributed by atoms with van der Waals surface area (Å²) in [4.78, 5) is 41.9. The smallest absolute Gasteiger partial charge is 0.337 e. The first-order valence-corrected chi connectivity index (χ1v) is 9.76. The third kappa shape index (κ3) is 3.79. The molecule has 1 aromatic carbocycles. The zero-order valence-corrected chi connectivity index (χ0v) is 17.0. The molecule has 0 saturated heterocycles. The van der Waals surface area contributed by atoms with Gasteiger partial charge in [-0.1, -0.05) is 31.5 Å². The number of aromatic carboxylic acids is 1. The Bertz CT molecular complexity index is 1150. The lowest BCUT2D eigenvalue weighted by Crippen LogP contribution is -2.32. The molecule has 0 unspecified atom stereocenters. The molecule has 0 saturated carbocycles. The number of hydrogen-bond donors (Lipinski definition) is 2. The number of amides is 1. The van der Waals surface area contributed by atoms with Crippen molar-refractivity contribution >= 4 is 50.7 Å². The molecule has 0 atom stereocenters. The molecule has 1 amide bonds. The van der Waals surface area contributed by atoms with Crippen LogP contribution in [0, 0.1) is 6.92 Å². The molecule has 28 heavy (non-hydrogen) atoms. The van der Waals surface area contributed by atoms with Crippen molar-refractivity contribution < 1.29 is 14.7 Å². The summed E-state index contributed by atoms with van der Waals surface area (Å²) in [5.74, 6) is -1.34. The van der Waals surface area contributed by atoms with Gasteiger partial charge in [-0.05, 0) is 24.6 Å². The highest BCUT2D eigenvalue weighted by atomic mass is 35.5. The Labute approximate surface area is 169 Å². The largest absolute Gasteiger partial charge is 0.478 e. The number of halogens is 1. The highest BCUT2D eigenvalue weighted by molar-refractivity contribution is 7.17. The van der Waals surface area contributed by atoms with Crippen molar-refractivity contribution in [3.8, 4) is 0 Å². The van der Waals surface area contributed by atoms with E-state index in [-0.39, 0.29) is 23.4 Å². The number of aryl methyl sites for hydroxylation is 1. The Balaban J connectivity index is 2.04. The predicted molar refractivity (Wildman–Crippen MR) is 110 cm³/mol. The van der Waals surface area contributed by atoms with Crippen LogP contribution >= 0.6 is 22.9 Å². The first-order valence-electron chi connectivity index (χ1n) is 8.50. The number of hydrogen-bond acceptors (Lipinski definition) is 5. The van der Waals surface area contributed by atoms with Crippen LogP contribution in [0.3, 0.4) is 0 Å². The van der Waals surface area contributed by atoms with Gasteiger partial charge in [-0.15, -0.1) is 11.3 Å². The summed E-state index contributed by atoms with van der Waals surface area (Å²) in [5, 5.41) is 14.0. The number of fused-ring (bicyclic) bond motifs is 1. The van der Waals surface area contributed by atoms with Crippen LogP contribution in [-0.2, 0) is 11.3 Å². The van der Waals surface area contributed by atoms with Crippen molar-refractivity contribution in [2.24, 2.45) is 0 Å². The highest BCUT2D eigenvalue weighted by Crippen LogP contribution is 2.24. The molecular weight excluding hydrogens is 402 g/mol. The van der Waals surface area contributed by atoms with Gasteiger partial charge >= 0.3 is 5.97 Å². The van der Waals surface area contributed by atoms with Crippen molar-refractivity contribution in [3.05, 3.63) is 55.9 Å². The molecule has 9 heteroatoms.